The highest BCUT2D eigenvalue weighted by molar-refractivity contribution is 6.02. The number of anilines is 3. The Morgan fingerprint density at radius 1 is 0.929 bits per heavy atom. The third kappa shape index (κ3) is 5.35. The molecule has 0 saturated heterocycles. The maximum Gasteiger partial charge on any atom is 0.244 e. The number of nitrogens with zero attached hydrogens (tertiary/aromatic N) is 2. The van der Waals surface area contributed by atoms with E-state index in [1.54, 1.807) is 0 Å². The van der Waals surface area contributed by atoms with Gasteiger partial charge in [0.15, 0.2) is 0 Å². The lowest BCUT2D eigenvalue weighted by molar-refractivity contribution is -0.120. The van der Waals surface area contributed by atoms with Crippen LogP contribution in [0.1, 0.15) is 46.1 Å². The first-order valence-corrected chi connectivity index (χ1v) is 9.89. The van der Waals surface area contributed by atoms with Gasteiger partial charge in [-0.1, -0.05) is 32.0 Å². The van der Waals surface area contributed by atoms with Gasteiger partial charge in [-0.15, -0.1) is 0 Å². The van der Waals surface area contributed by atoms with Crippen LogP contribution in [0.5, 0.6) is 0 Å². The van der Waals surface area contributed by atoms with Crippen LogP contribution in [0.2, 0.25) is 0 Å². The van der Waals surface area contributed by atoms with Crippen molar-refractivity contribution in [3.63, 3.8) is 0 Å². The molecule has 2 aromatic carbocycles. The zero-order chi connectivity index (χ0) is 20.7. The molecule has 0 saturated carbocycles. The number of rotatable bonds is 8. The Labute approximate surface area is 168 Å². The van der Waals surface area contributed by atoms with Crippen molar-refractivity contribution in [3.05, 3.63) is 54.1 Å². The first-order valence-electron chi connectivity index (χ1n) is 9.89. The van der Waals surface area contributed by atoms with Gasteiger partial charge in [-0.3, -0.25) is 9.59 Å². The Morgan fingerprint density at radius 2 is 1.50 bits per heavy atom. The van der Waals surface area contributed by atoms with Crippen molar-refractivity contribution in [1.82, 2.24) is 0 Å². The molecule has 5 nitrogen and oxygen atoms in total. The number of carbonyl (C=O) groups excluding carboxylic acids is 2. The number of benzene rings is 2. The molecule has 0 aliphatic heterocycles. The number of nitrogens with one attached hydrogen (secondary N) is 1. The van der Waals surface area contributed by atoms with Crippen LogP contribution in [0.15, 0.2) is 48.5 Å². The Hall–Kier alpha value is -2.82. The van der Waals surface area contributed by atoms with E-state index in [0.717, 1.165) is 35.7 Å². The molecule has 0 aromatic heterocycles. The quantitative estimate of drug-likeness (QED) is 0.724. The molecule has 0 aliphatic carbocycles. The summed E-state index contributed by atoms with van der Waals surface area (Å²) < 4.78 is 0. The molecule has 0 aliphatic rings. The van der Waals surface area contributed by atoms with Gasteiger partial charge in [0.25, 0.3) is 0 Å². The van der Waals surface area contributed by atoms with Crippen LogP contribution < -0.4 is 15.1 Å². The molecule has 28 heavy (non-hydrogen) atoms. The number of hydrogen-bond acceptors (Lipinski definition) is 3. The van der Waals surface area contributed by atoms with Crippen molar-refractivity contribution in [2.24, 2.45) is 0 Å². The second-order valence-electron chi connectivity index (χ2n) is 7.08. The molecule has 0 atom stereocenters. The Bertz CT molecular complexity index is 796. The maximum atomic E-state index is 12.6. The molecular formula is C23H31N3O2. The summed E-state index contributed by atoms with van der Waals surface area (Å²) in [5.41, 5.74) is 3.69. The zero-order valence-corrected chi connectivity index (χ0v) is 17.5. The molecule has 0 spiro atoms. The van der Waals surface area contributed by atoms with Crippen molar-refractivity contribution < 1.29 is 9.59 Å². The van der Waals surface area contributed by atoms with Gasteiger partial charge in [-0.2, -0.15) is 0 Å². The van der Waals surface area contributed by atoms with Gasteiger partial charge >= 0.3 is 0 Å². The fourth-order valence-corrected chi connectivity index (χ4v) is 3.26. The van der Waals surface area contributed by atoms with Crippen molar-refractivity contribution in [1.29, 1.82) is 0 Å². The summed E-state index contributed by atoms with van der Waals surface area (Å²) in [5, 5.41) is 2.95. The van der Waals surface area contributed by atoms with E-state index in [1.165, 1.54) is 11.8 Å². The highest BCUT2D eigenvalue weighted by Crippen LogP contribution is 2.24. The van der Waals surface area contributed by atoms with Gasteiger partial charge in [0.2, 0.25) is 11.8 Å². The van der Waals surface area contributed by atoms with Gasteiger partial charge in [0.05, 0.1) is 0 Å². The fraction of sp³-hybridized carbons (Fsp3) is 0.391. The number of carbonyl (C=O) groups is 2. The third-order valence-electron chi connectivity index (χ3n) is 4.83. The summed E-state index contributed by atoms with van der Waals surface area (Å²) >= 11 is 0. The molecule has 2 amide bonds. The summed E-state index contributed by atoms with van der Waals surface area (Å²) in [6.45, 7) is 11.7. The highest BCUT2D eigenvalue weighted by Gasteiger charge is 2.17. The zero-order valence-electron chi connectivity index (χ0n) is 17.5. The molecule has 1 N–H and O–H groups in total. The minimum Gasteiger partial charge on any atom is -0.372 e. The Balaban J connectivity index is 2.15. The van der Waals surface area contributed by atoms with E-state index in [2.05, 4.69) is 37.9 Å². The monoisotopic (exact) mass is 381 g/mol. The SMILES string of the molecule is CCN(CC)c1ccc(N(CC(=O)Nc2ccccc2C(C)C)C(C)=O)cc1. The number of amides is 2. The average Bonchev–Trinajstić information content (AvgIpc) is 2.68. The molecule has 0 radical (unpaired) electrons. The molecule has 150 valence electrons. The number of para-hydroxylation sites is 1. The Kier molecular flexibility index (Phi) is 7.61. The summed E-state index contributed by atoms with van der Waals surface area (Å²) in [6.07, 6.45) is 0. The first-order chi connectivity index (χ1) is 13.4. The molecule has 2 aromatic rings. The topological polar surface area (TPSA) is 52.6 Å². The normalized spacial score (nSPS) is 10.6. The van der Waals surface area contributed by atoms with Crippen LogP contribution in [0.4, 0.5) is 17.1 Å². The second-order valence-corrected chi connectivity index (χ2v) is 7.08. The minimum atomic E-state index is -0.212. The van der Waals surface area contributed by atoms with Crippen molar-refractivity contribution >= 4 is 28.9 Å². The van der Waals surface area contributed by atoms with E-state index in [4.69, 9.17) is 0 Å². The minimum absolute atomic E-state index is 0.0214. The molecular weight excluding hydrogens is 350 g/mol. The number of hydrogen-bond donors (Lipinski definition) is 1. The third-order valence-corrected chi connectivity index (χ3v) is 4.83. The summed E-state index contributed by atoms with van der Waals surface area (Å²) in [5.74, 6) is -0.0768. The van der Waals surface area contributed by atoms with Crippen molar-refractivity contribution in [2.45, 2.75) is 40.5 Å². The van der Waals surface area contributed by atoms with Gasteiger partial charge < -0.3 is 15.1 Å². The highest BCUT2D eigenvalue weighted by atomic mass is 16.2. The predicted octanol–water partition coefficient (Wildman–Crippen LogP) is 4.65. The van der Waals surface area contributed by atoms with Crippen molar-refractivity contribution in [2.75, 3.05) is 34.8 Å². The van der Waals surface area contributed by atoms with Crippen LogP contribution in [-0.2, 0) is 9.59 Å². The van der Waals surface area contributed by atoms with E-state index < -0.39 is 0 Å². The van der Waals surface area contributed by atoms with E-state index in [9.17, 15) is 9.59 Å². The van der Waals surface area contributed by atoms with Gasteiger partial charge in [0, 0.05) is 37.1 Å². The lowest BCUT2D eigenvalue weighted by Crippen LogP contribution is -2.36. The lowest BCUT2D eigenvalue weighted by atomic mass is 10.0. The van der Waals surface area contributed by atoms with Crippen LogP contribution >= 0.6 is 0 Å². The lowest BCUT2D eigenvalue weighted by Gasteiger charge is -2.24. The van der Waals surface area contributed by atoms with E-state index >= 15 is 0 Å². The van der Waals surface area contributed by atoms with E-state index in [0.29, 0.717) is 5.92 Å². The van der Waals surface area contributed by atoms with Crippen LogP contribution in [-0.4, -0.2) is 31.4 Å². The van der Waals surface area contributed by atoms with E-state index in [1.807, 2.05) is 48.5 Å². The molecule has 0 heterocycles. The Morgan fingerprint density at radius 3 is 2.04 bits per heavy atom. The summed E-state index contributed by atoms with van der Waals surface area (Å²) in [4.78, 5) is 28.5. The fourth-order valence-electron chi connectivity index (χ4n) is 3.26. The molecule has 0 fully saturated rings. The molecule has 0 bridgehead atoms. The largest absolute Gasteiger partial charge is 0.372 e. The van der Waals surface area contributed by atoms with Gasteiger partial charge in [-0.25, -0.2) is 0 Å². The van der Waals surface area contributed by atoms with E-state index in [-0.39, 0.29) is 18.4 Å². The first kappa shape index (κ1) is 21.5. The molecule has 2 rings (SSSR count). The maximum absolute atomic E-state index is 12.6. The average molecular weight is 382 g/mol. The molecule has 5 heteroatoms. The standard InChI is InChI=1S/C23H31N3O2/c1-6-25(7-2)19-12-14-20(15-13-19)26(18(5)27)16-23(28)24-22-11-9-8-10-21(22)17(3)4/h8-15,17H,6-7,16H2,1-5H3,(H,24,28). The predicted molar refractivity (Wildman–Crippen MR) is 117 cm³/mol. The van der Waals surface area contributed by atoms with Gasteiger partial charge in [0.1, 0.15) is 6.54 Å². The smallest absolute Gasteiger partial charge is 0.244 e. The second kappa shape index (κ2) is 9.93. The van der Waals surface area contributed by atoms with Crippen molar-refractivity contribution in [3.8, 4) is 0 Å². The van der Waals surface area contributed by atoms with Gasteiger partial charge in [-0.05, 0) is 55.7 Å². The van der Waals surface area contributed by atoms with Crippen LogP contribution in [0, 0.1) is 0 Å². The van der Waals surface area contributed by atoms with Crippen LogP contribution in [0.3, 0.4) is 0 Å². The summed E-state index contributed by atoms with van der Waals surface area (Å²) in [7, 11) is 0. The molecule has 0 unspecified atom stereocenters. The summed E-state index contributed by atoms with van der Waals surface area (Å²) in [6, 6.07) is 15.5. The van der Waals surface area contributed by atoms with Crippen LogP contribution in [0.25, 0.3) is 0 Å².